The number of piperidine rings is 1. The molecule has 0 spiro atoms. The predicted molar refractivity (Wildman–Crippen MR) is 218 cm³/mol. The number of aryl methyl sites for hydroxylation is 4. The molecule has 2 bridgehead atoms. The van der Waals surface area contributed by atoms with Gasteiger partial charge in [0.1, 0.15) is 11.6 Å². The molecule has 2 aliphatic rings. The highest BCUT2D eigenvalue weighted by Crippen LogP contribution is 2.36. The van der Waals surface area contributed by atoms with Gasteiger partial charge in [-0.05, 0) is 95.1 Å². The maximum absolute atomic E-state index is 12.4. The summed E-state index contributed by atoms with van der Waals surface area (Å²) in [4.78, 5) is 32.6. The van der Waals surface area contributed by atoms with Crippen molar-refractivity contribution in [2.45, 2.75) is 71.6 Å². The summed E-state index contributed by atoms with van der Waals surface area (Å²) in [5.41, 5.74) is 9.55. The van der Waals surface area contributed by atoms with Gasteiger partial charge in [-0.1, -0.05) is 65.2 Å². The van der Waals surface area contributed by atoms with Gasteiger partial charge >= 0.3 is 12.0 Å². The van der Waals surface area contributed by atoms with E-state index in [4.69, 9.17) is 25.9 Å². The maximum atomic E-state index is 12.4. The van der Waals surface area contributed by atoms with Crippen LogP contribution in [0, 0.1) is 27.7 Å². The van der Waals surface area contributed by atoms with Crippen LogP contribution in [0.25, 0.3) is 22.0 Å². The Morgan fingerprint density at radius 3 is 2.15 bits per heavy atom. The number of nitrogens with zero attached hydrogens (tertiary/aromatic N) is 5. The molecule has 0 unspecified atom stereocenters. The first-order chi connectivity index (χ1) is 25.9. The number of H-pyrrole nitrogens is 1. The fourth-order valence-electron chi connectivity index (χ4n) is 7.04. The van der Waals surface area contributed by atoms with Crippen LogP contribution in [0.5, 0.6) is 6.08 Å². The fourth-order valence-corrected chi connectivity index (χ4v) is 7.20. The molecule has 2 N–H and O–H groups in total. The van der Waals surface area contributed by atoms with E-state index in [1.54, 1.807) is 37.1 Å². The van der Waals surface area contributed by atoms with Gasteiger partial charge in [0, 0.05) is 54.1 Å². The third-order valence-electron chi connectivity index (χ3n) is 9.94. The Labute approximate surface area is 321 Å². The molecule has 0 saturated carbocycles. The molecule has 0 radical (unpaired) electrons. The smallest absolute Gasteiger partial charge is 0.392 e. The van der Waals surface area contributed by atoms with Crippen LogP contribution in [-0.2, 0) is 4.74 Å². The van der Waals surface area contributed by atoms with E-state index in [0.717, 1.165) is 35.1 Å². The van der Waals surface area contributed by atoms with Crippen molar-refractivity contribution in [1.82, 2.24) is 19.8 Å². The molecule has 2 saturated heterocycles. The Morgan fingerprint density at radius 1 is 0.926 bits per heavy atom. The molecule has 4 heterocycles. The normalized spacial score (nSPS) is 18.1. The third kappa shape index (κ3) is 9.55. The van der Waals surface area contributed by atoms with Crippen molar-refractivity contribution in [3.63, 3.8) is 0 Å². The van der Waals surface area contributed by atoms with Gasteiger partial charge in [-0.2, -0.15) is 4.98 Å². The summed E-state index contributed by atoms with van der Waals surface area (Å²) in [6.07, 6.45) is 9.49. The number of rotatable bonds is 6. The number of aromatic hydroxyl groups is 1. The minimum Gasteiger partial charge on any atom is -0.466 e. The van der Waals surface area contributed by atoms with E-state index in [1.807, 2.05) is 48.3 Å². The van der Waals surface area contributed by atoms with Crippen LogP contribution in [0.4, 0.5) is 11.4 Å². The lowest BCUT2D eigenvalue weighted by molar-refractivity contribution is -0.000266. The lowest BCUT2D eigenvalue weighted by atomic mass is 10.0. The number of hydrogen-bond donors (Lipinski definition) is 2. The number of benzene rings is 4. The average molecular weight is 747 g/mol. The topological polar surface area (TPSA) is 120 Å². The highest BCUT2D eigenvalue weighted by Gasteiger charge is 2.40. The Bertz CT molecular complexity index is 2220. The number of carbonyl (C=O) groups excluding carboxylic acids is 1. The maximum Gasteiger partial charge on any atom is 0.392 e. The summed E-state index contributed by atoms with van der Waals surface area (Å²) in [7, 11) is 4.13. The first kappa shape index (κ1) is 38.3. The van der Waals surface area contributed by atoms with Crippen LogP contribution in [0.15, 0.2) is 99.5 Å². The Hall–Kier alpha value is -5.45. The summed E-state index contributed by atoms with van der Waals surface area (Å²) in [5, 5.41) is 10.3. The summed E-state index contributed by atoms with van der Waals surface area (Å²) < 4.78 is 10.6. The van der Waals surface area contributed by atoms with Gasteiger partial charge in [-0.3, -0.25) is 0 Å². The Morgan fingerprint density at radius 2 is 1.54 bits per heavy atom. The summed E-state index contributed by atoms with van der Waals surface area (Å²) in [6, 6.07) is 26.5. The van der Waals surface area contributed by atoms with E-state index in [2.05, 4.69) is 83.9 Å². The van der Waals surface area contributed by atoms with Crippen LogP contribution < -0.4 is 0 Å². The average Bonchev–Trinajstić information content (AvgIpc) is 3.79. The largest absolute Gasteiger partial charge is 0.466 e. The van der Waals surface area contributed by atoms with Crippen LogP contribution in [0.3, 0.4) is 0 Å². The zero-order valence-corrected chi connectivity index (χ0v) is 32.3. The van der Waals surface area contributed by atoms with Gasteiger partial charge in [0.05, 0.1) is 29.6 Å². The molecule has 6 aromatic rings. The van der Waals surface area contributed by atoms with E-state index >= 15 is 0 Å². The number of aromatic amines is 1. The number of nitrogens with one attached hydrogen (secondary N) is 1. The summed E-state index contributed by atoms with van der Waals surface area (Å²) >= 11 is 5.66. The molecule has 2 aliphatic heterocycles. The van der Waals surface area contributed by atoms with Gasteiger partial charge < -0.3 is 29.0 Å². The molecule has 54 heavy (non-hydrogen) atoms. The number of esters is 1. The lowest BCUT2D eigenvalue weighted by Gasteiger charge is -2.35. The Balaban J connectivity index is 0.000000145. The van der Waals surface area contributed by atoms with E-state index in [0.29, 0.717) is 33.8 Å². The lowest BCUT2D eigenvalue weighted by Crippen LogP contribution is -2.43. The number of fused-ring (bicyclic) bond motifs is 4. The second-order valence-corrected chi connectivity index (χ2v) is 14.6. The quantitative estimate of drug-likeness (QED) is 0.0989. The molecule has 4 aromatic carbocycles. The van der Waals surface area contributed by atoms with Crippen LogP contribution >= 0.6 is 11.6 Å². The zero-order valence-electron chi connectivity index (χ0n) is 31.6. The molecular formula is C43H47ClN6O4. The number of para-hydroxylation sites is 1. The molecule has 280 valence electrons. The van der Waals surface area contributed by atoms with Crippen molar-refractivity contribution in [2.24, 2.45) is 9.98 Å². The van der Waals surface area contributed by atoms with Crippen molar-refractivity contribution in [1.29, 1.82) is 0 Å². The highest BCUT2D eigenvalue weighted by atomic mass is 35.5. The number of hydrogen-bond acceptors (Lipinski definition) is 8. The first-order valence-corrected chi connectivity index (χ1v) is 18.5. The molecule has 0 aliphatic carbocycles. The second kappa shape index (κ2) is 17.1. The second-order valence-electron chi connectivity index (χ2n) is 14.1. The SMILES string of the molecule is CN1[C@@H]2CC[C@H]1C[C@@H](OC(=O)c1c[nH]c3ccccc13)C2.Cc1ccc(/N=C/N(C)/C=N/c2ccc(C)cc2C)c(C)c1.Oc1nc2cc(Cl)ccc2o1. The Kier molecular flexibility index (Phi) is 12.1. The van der Waals surface area contributed by atoms with Crippen molar-refractivity contribution in [3.8, 4) is 6.08 Å². The van der Waals surface area contributed by atoms with Crippen molar-refractivity contribution in [3.05, 3.63) is 118 Å². The standard InChI is InChI=1S/C19H23N3.C17H20N2O2.C7H4ClNO2/c1-14-6-8-18(16(3)10-14)20-12-22(5)13-21-19-9-7-15(2)11-17(19)4;1-19-11-6-7-12(19)9-13(8-11)21-17(20)15-10-18-16-5-3-2-4-14(15)16;8-4-1-2-6-5(3-4)9-7(10)11-6/h6-13H,1-5H3;2-5,10-13,18H,6-9H2,1H3;1-3H,(H,9,10)/b20-12+,21-13+;;/t;11-,12+,13+;. The van der Waals surface area contributed by atoms with Gasteiger partial charge in [-0.15, -0.1) is 0 Å². The molecule has 8 rings (SSSR count). The van der Waals surface area contributed by atoms with Crippen LogP contribution in [0.2, 0.25) is 5.02 Å². The molecule has 2 fully saturated rings. The summed E-state index contributed by atoms with van der Waals surface area (Å²) in [6.45, 7) is 8.32. The third-order valence-corrected chi connectivity index (χ3v) is 10.2. The monoisotopic (exact) mass is 746 g/mol. The van der Waals surface area contributed by atoms with Gasteiger partial charge in [0.15, 0.2) is 5.58 Å². The number of carbonyl (C=O) groups is 1. The molecular weight excluding hydrogens is 700 g/mol. The number of aliphatic imine (C=N–C) groups is 2. The summed E-state index contributed by atoms with van der Waals surface area (Å²) in [5.74, 6) is -0.193. The minimum absolute atomic E-state index is 0.0693. The molecule has 11 heteroatoms. The highest BCUT2D eigenvalue weighted by molar-refractivity contribution is 6.31. The van der Waals surface area contributed by atoms with E-state index < -0.39 is 0 Å². The van der Waals surface area contributed by atoms with Gasteiger partial charge in [0.25, 0.3) is 0 Å². The zero-order chi connectivity index (χ0) is 38.4. The van der Waals surface area contributed by atoms with E-state index in [9.17, 15) is 4.79 Å². The number of ether oxygens (including phenoxy) is 1. The molecule has 2 aromatic heterocycles. The van der Waals surface area contributed by atoms with Crippen molar-refractivity contribution >= 4 is 63.6 Å². The predicted octanol–water partition coefficient (Wildman–Crippen LogP) is 10.0. The molecule has 0 amide bonds. The van der Waals surface area contributed by atoms with Crippen molar-refractivity contribution < 1.29 is 19.1 Å². The molecule has 10 nitrogen and oxygen atoms in total. The van der Waals surface area contributed by atoms with Gasteiger partial charge in [0.2, 0.25) is 0 Å². The number of aromatic nitrogens is 2. The van der Waals surface area contributed by atoms with Crippen LogP contribution in [0.1, 0.15) is 58.3 Å². The fraction of sp³-hybridized carbons (Fsp3) is 0.302. The van der Waals surface area contributed by atoms with Crippen molar-refractivity contribution in [2.75, 3.05) is 14.1 Å². The number of halogens is 1. The van der Waals surface area contributed by atoms with Crippen LogP contribution in [-0.4, -0.2) is 75.8 Å². The van der Waals surface area contributed by atoms with Gasteiger partial charge in [-0.25, -0.2) is 14.8 Å². The first-order valence-electron chi connectivity index (χ1n) is 18.1. The van der Waals surface area contributed by atoms with E-state index in [-0.39, 0.29) is 18.2 Å². The van der Waals surface area contributed by atoms with E-state index in [1.165, 1.54) is 35.1 Å². The minimum atomic E-state index is -0.331. The molecule has 3 atom stereocenters. The number of oxazole rings is 1.